The Morgan fingerprint density at radius 2 is 2.42 bits per heavy atom. The van der Waals surface area contributed by atoms with Gasteiger partial charge in [0.15, 0.2) is 0 Å². The molecule has 2 aromatic heterocycles. The Morgan fingerprint density at radius 1 is 1.58 bits per heavy atom. The molecule has 0 fully saturated rings. The van der Waals surface area contributed by atoms with E-state index in [1.54, 1.807) is 11.3 Å². The molecule has 0 amide bonds. The summed E-state index contributed by atoms with van der Waals surface area (Å²) in [6, 6.07) is 4.32. The molecule has 2 atom stereocenters. The van der Waals surface area contributed by atoms with Gasteiger partial charge in [0, 0.05) is 24.3 Å². The molecule has 0 spiro atoms. The lowest BCUT2D eigenvalue weighted by Crippen LogP contribution is -2.33. The maximum absolute atomic E-state index is 5.62. The van der Waals surface area contributed by atoms with Gasteiger partial charge in [0.25, 0.3) is 0 Å². The van der Waals surface area contributed by atoms with Gasteiger partial charge in [-0.2, -0.15) is 0 Å². The smallest absolute Gasteiger partial charge is 0.131 e. The number of rotatable bonds is 6. The average Bonchev–Trinajstić information content (AvgIpc) is 3.06. The van der Waals surface area contributed by atoms with Crippen LogP contribution in [-0.2, 0) is 7.05 Å². The first-order valence-corrected chi connectivity index (χ1v) is 7.37. The van der Waals surface area contributed by atoms with Crippen molar-refractivity contribution in [3.63, 3.8) is 0 Å². The van der Waals surface area contributed by atoms with E-state index in [0.29, 0.717) is 0 Å². The summed E-state index contributed by atoms with van der Waals surface area (Å²) >= 11 is 1.72. The van der Waals surface area contributed by atoms with Crippen LogP contribution in [-0.4, -0.2) is 15.6 Å². The molecular weight excluding hydrogens is 254 g/mol. The molecular formula is C15H19N3S. The van der Waals surface area contributed by atoms with Crippen molar-refractivity contribution in [2.75, 3.05) is 0 Å². The topological polar surface area (TPSA) is 29.9 Å². The maximum atomic E-state index is 5.62. The number of imidazole rings is 1. The van der Waals surface area contributed by atoms with Crippen molar-refractivity contribution in [3.05, 3.63) is 40.6 Å². The summed E-state index contributed by atoms with van der Waals surface area (Å²) in [4.78, 5) is 5.70. The van der Waals surface area contributed by atoms with Crippen molar-refractivity contribution in [1.29, 1.82) is 0 Å². The highest BCUT2D eigenvalue weighted by Crippen LogP contribution is 2.25. The number of aryl methyl sites for hydroxylation is 1. The molecule has 3 nitrogen and oxygen atoms in total. The summed E-state index contributed by atoms with van der Waals surface area (Å²) in [5.74, 6) is 3.83. The van der Waals surface area contributed by atoms with Gasteiger partial charge in [0.2, 0.25) is 0 Å². The van der Waals surface area contributed by atoms with Crippen molar-refractivity contribution in [2.45, 2.75) is 31.8 Å². The van der Waals surface area contributed by atoms with Crippen LogP contribution in [0.3, 0.4) is 0 Å². The summed E-state index contributed by atoms with van der Waals surface area (Å²) in [5, 5.41) is 5.62. The SMILES string of the molecule is C#CC(CCC)NC(c1cccs1)c1nccn1C. The van der Waals surface area contributed by atoms with Gasteiger partial charge >= 0.3 is 0 Å². The Kier molecular flexibility index (Phi) is 4.78. The summed E-state index contributed by atoms with van der Waals surface area (Å²) in [6.07, 6.45) is 11.4. The molecule has 4 heteroatoms. The molecule has 2 rings (SSSR count). The lowest BCUT2D eigenvalue weighted by Gasteiger charge is -2.21. The molecule has 0 aliphatic heterocycles. The van der Waals surface area contributed by atoms with Crippen LogP contribution >= 0.6 is 11.3 Å². The first-order chi connectivity index (χ1) is 9.26. The Morgan fingerprint density at radius 3 is 2.95 bits per heavy atom. The van der Waals surface area contributed by atoms with E-state index in [1.807, 2.05) is 24.0 Å². The molecule has 19 heavy (non-hydrogen) atoms. The van der Waals surface area contributed by atoms with E-state index in [2.05, 4.69) is 40.7 Å². The van der Waals surface area contributed by atoms with Gasteiger partial charge in [0.05, 0.1) is 6.04 Å². The van der Waals surface area contributed by atoms with E-state index < -0.39 is 0 Å². The van der Waals surface area contributed by atoms with Crippen molar-refractivity contribution >= 4 is 11.3 Å². The van der Waals surface area contributed by atoms with Gasteiger partial charge in [-0.15, -0.1) is 17.8 Å². The standard InChI is InChI=1S/C15H19N3S/c1-4-7-12(5-2)17-14(13-8-6-11-19-13)15-16-9-10-18(15)3/h2,6,8-12,14,17H,4,7H2,1,3H3. The summed E-state index contributed by atoms with van der Waals surface area (Å²) < 4.78 is 2.04. The predicted octanol–water partition coefficient (Wildman–Crippen LogP) is 2.96. The largest absolute Gasteiger partial charge is 0.336 e. The van der Waals surface area contributed by atoms with Gasteiger partial charge in [-0.3, -0.25) is 5.32 Å². The third-order valence-corrected chi connectivity index (χ3v) is 4.03. The second kappa shape index (κ2) is 6.55. The normalized spacial score (nSPS) is 13.9. The van der Waals surface area contributed by atoms with E-state index in [9.17, 15) is 0 Å². The van der Waals surface area contributed by atoms with Crippen LogP contribution in [0.1, 0.15) is 36.5 Å². The van der Waals surface area contributed by atoms with Gasteiger partial charge in [-0.05, 0) is 17.9 Å². The van der Waals surface area contributed by atoms with E-state index >= 15 is 0 Å². The number of thiophene rings is 1. The van der Waals surface area contributed by atoms with Crippen LogP contribution < -0.4 is 5.32 Å². The van der Waals surface area contributed by atoms with Gasteiger partial charge in [-0.25, -0.2) is 4.98 Å². The van der Waals surface area contributed by atoms with E-state index in [-0.39, 0.29) is 12.1 Å². The minimum Gasteiger partial charge on any atom is -0.336 e. The van der Waals surface area contributed by atoms with Crippen LogP contribution in [0.2, 0.25) is 0 Å². The number of hydrogen-bond donors (Lipinski definition) is 1. The lowest BCUT2D eigenvalue weighted by molar-refractivity contribution is 0.494. The minimum absolute atomic E-state index is 0.0626. The second-order valence-corrected chi connectivity index (χ2v) is 5.50. The summed E-state index contributed by atoms with van der Waals surface area (Å²) in [5.41, 5.74) is 0. The highest BCUT2D eigenvalue weighted by molar-refractivity contribution is 7.10. The predicted molar refractivity (Wildman–Crippen MR) is 80.0 cm³/mol. The number of hydrogen-bond acceptors (Lipinski definition) is 3. The van der Waals surface area contributed by atoms with E-state index in [0.717, 1.165) is 18.7 Å². The zero-order chi connectivity index (χ0) is 13.7. The van der Waals surface area contributed by atoms with Gasteiger partial charge in [0.1, 0.15) is 11.9 Å². The third kappa shape index (κ3) is 3.25. The first kappa shape index (κ1) is 13.9. The molecule has 0 saturated carbocycles. The molecule has 2 heterocycles. The van der Waals surface area contributed by atoms with Crippen molar-refractivity contribution in [3.8, 4) is 12.3 Å². The summed E-state index contributed by atoms with van der Waals surface area (Å²) in [6.45, 7) is 2.15. The van der Waals surface area contributed by atoms with Gasteiger partial charge < -0.3 is 4.57 Å². The number of nitrogens with zero attached hydrogens (tertiary/aromatic N) is 2. The van der Waals surface area contributed by atoms with Crippen LogP contribution in [0, 0.1) is 12.3 Å². The first-order valence-electron chi connectivity index (χ1n) is 6.49. The van der Waals surface area contributed by atoms with Crippen molar-refractivity contribution in [2.24, 2.45) is 7.05 Å². The Balaban J connectivity index is 2.26. The zero-order valence-electron chi connectivity index (χ0n) is 11.3. The quantitative estimate of drug-likeness (QED) is 0.820. The maximum Gasteiger partial charge on any atom is 0.131 e. The van der Waals surface area contributed by atoms with Crippen LogP contribution in [0.15, 0.2) is 29.9 Å². The van der Waals surface area contributed by atoms with Crippen molar-refractivity contribution < 1.29 is 0 Å². The van der Waals surface area contributed by atoms with Crippen molar-refractivity contribution in [1.82, 2.24) is 14.9 Å². The highest BCUT2D eigenvalue weighted by Gasteiger charge is 2.21. The summed E-state index contributed by atoms with van der Waals surface area (Å²) in [7, 11) is 2.01. The molecule has 1 N–H and O–H groups in total. The van der Waals surface area contributed by atoms with Crippen LogP contribution in [0.4, 0.5) is 0 Å². The van der Waals surface area contributed by atoms with E-state index in [4.69, 9.17) is 6.42 Å². The molecule has 0 aliphatic rings. The molecule has 0 aromatic carbocycles. The number of nitrogens with one attached hydrogen (secondary N) is 1. The van der Waals surface area contributed by atoms with Crippen LogP contribution in [0.5, 0.6) is 0 Å². The molecule has 2 aromatic rings. The highest BCUT2D eigenvalue weighted by atomic mass is 32.1. The number of terminal acetylenes is 1. The second-order valence-electron chi connectivity index (χ2n) is 4.52. The Hall–Kier alpha value is -1.57. The zero-order valence-corrected chi connectivity index (χ0v) is 12.2. The molecule has 100 valence electrons. The fourth-order valence-electron chi connectivity index (χ4n) is 2.10. The monoisotopic (exact) mass is 273 g/mol. The minimum atomic E-state index is 0.0626. The fourth-order valence-corrected chi connectivity index (χ4v) is 2.88. The fraction of sp³-hybridized carbons (Fsp3) is 0.400. The van der Waals surface area contributed by atoms with Gasteiger partial charge in [-0.1, -0.05) is 25.3 Å². The van der Waals surface area contributed by atoms with Crippen LogP contribution in [0.25, 0.3) is 0 Å². The number of aromatic nitrogens is 2. The Bertz CT molecular complexity index is 536. The Labute approximate surface area is 118 Å². The molecule has 0 radical (unpaired) electrons. The average molecular weight is 273 g/mol. The van der Waals surface area contributed by atoms with E-state index in [1.165, 1.54) is 4.88 Å². The molecule has 2 unspecified atom stereocenters. The molecule has 0 bridgehead atoms. The third-order valence-electron chi connectivity index (χ3n) is 3.09. The lowest BCUT2D eigenvalue weighted by atomic mass is 10.1. The molecule has 0 aliphatic carbocycles. The molecule has 0 saturated heterocycles.